The van der Waals surface area contributed by atoms with Gasteiger partial charge in [-0.05, 0) is 0 Å². The van der Waals surface area contributed by atoms with E-state index >= 15 is 0 Å². The molecule has 118 valence electrons. The second-order valence-electron chi connectivity index (χ2n) is 4.26. The van der Waals surface area contributed by atoms with Gasteiger partial charge in [0.25, 0.3) is 0 Å². The van der Waals surface area contributed by atoms with Crippen LogP contribution in [0.5, 0.6) is 0 Å². The molecule has 0 fully saturated rings. The van der Waals surface area contributed by atoms with Gasteiger partial charge in [0.1, 0.15) is 18.2 Å². The maximum absolute atomic E-state index is 11.5. The number of carbonyl (C=O) groups is 1. The van der Waals surface area contributed by atoms with Crippen LogP contribution in [0.4, 0.5) is 11.6 Å². The van der Waals surface area contributed by atoms with Crippen LogP contribution in [0.2, 0.25) is 0 Å². The number of nitrogens with zero attached hydrogens (tertiary/aromatic N) is 2. The third kappa shape index (κ3) is 6.87. The SMILES string of the molecule is CNc1cc(NCCC(=O)NCCOC)nc(COC)n1. The highest BCUT2D eigenvalue weighted by molar-refractivity contribution is 5.76. The van der Waals surface area contributed by atoms with Crippen molar-refractivity contribution < 1.29 is 14.3 Å². The van der Waals surface area contributed by atoms with Crippen molar-refractivity contribution in [2.24, 2.45) is 0 Å². The number of rotatable bonds is 10. The highest BCUT2D eigenvalue weighted by Crippen LogP contribution is 2.11. The summed E-state index contributed by atoms with van der Waals surface area (Å²) < 4.78 is 9.89. The molecule has 0 aliphatic rings. The Morgan fingerprint density at radius 3 is 2.62 bits per heavy atom. The molecule has 0 aliphatic carbocycles. The van der Waals surface area contributed by atoms with Crippen LogP contribution < -0.4 is 16.0 Å². The van der Waals surface area contributed by atoms with E-state index in [9.17, 15) is 4.79 Å². The Morgan fingerprint density at radius 2 is 1.95 bits per heavy atom. The summed E-state index contributed by atoms with van der Waals surface area (Å²) >= 11 is 0. The molecule has 0 spiro atoms. The van der Waals surface area contributed by atoms with Gasteiger partial charge in [-0.2, -0.15) is 0 Å². The molecule has 1 aromatic heterocycles. The van der Waals surface area contributed by atoms with Crippen LogP contribution in [0.15, 0.2) is 6.07 Å². The number of amides is 1. The zero-order valence-corrected chi connectivity index (χ0v) is 12.7. The van der Waals surface area contributed by atoms with Crippen molar-refractivity contribution in [1.82, 2.24) is 15.3 Å². The van der Waals surface area contributed by atoms with Crippen LogP contribution in [0.25, 0.3) is 0 Å². The second kappa shape index (κ2) is 9.89. The molecule has 0 atom stereocenters. The summed E-state index contributed by atoms with van der Waals surface area (Å²) in [5, 5.41) is 8.82. The van der Waals surface area contributed by atoms with E-state index in [1.807, 2.05) is 0 Å². The Labute approximate surface area is 124 Å². The molecule has 0 bridgehead atoms. The molecule has 0 aliphatic heterocycles. The lowest BCUT2D eigenvalue weighted by molar-refractivity contribution is -0.121. The highest BCUT2D eigenvalue weighted by atomic mass is 16.5. The number of anilines is 2. The standard InChI is InChI=1S/C13H23N5O3/c1-14-10-8-11(18-12(17-10)9-21-3)15-5-4-13(19)16-6-7-20-2/h8H,4-7,9H2,1-3H3,(H,16,19)(H2,14,15,17,18). The minimum Gasteiger partial charge on any atom is -0.383 e. The van der Waals surface area contributed by atoms with Crippen molar-refractivity contribution in [3.63, 3.8) is 0 Å². The van der Waals surface area contributed by atoms with Crippen LogP contribution in [0, 0.1) is 0 Å². The number of ether oxygens (including phenoxy) is 2. The summed E-state index contributed by atoms with van der Waals surface area (Å²) in [6.45, 7) is 1.86. The Bertz CT molecular complexity index is 442. The van der Waals surface area contributed by atoms with Crippen molar-refractivity contribution in [1.29, 1.82) is 0 Å². The molecule has 3 N–H and O–H groups in total. The second-order valence-corrected chi connectivity index (χ2v) is 4.26. The smallest absolute Gasteiger partial charge is 0.221 e. The lowest BCUT2D eigenvalue weighted by Gasteiger charge is -2.09. The summed E-state index contributed by atoms with van der Waals surface area (Å²) in [6, 6.07) is 1.78. The van der Waals surface area contributed by atoms with Crippen LogP contribution in [0.3, 0.4) is 0 Å². The Balaban J connectivity index is 2.43. The fraction of sp³-hybridized carbons (Fsp3) is 0.615. The summed E-state index contributed by atoms with van der Waals surface area (Å²) in [5.74, 6) is 1.91. The summed E-state index contributed by atoms with van der Waals surface area (Å²) in [4.78, 5) is 20.1. The number of nitrogens with one attached hydrogen (secondary N) is 3. The van der Waals surface area contributed by atoms with Gasteiger partial charge in [0.05, 0.1) is 6.61 Å². The third-order valence-corrected chi connectivity index (χ3v) is 2.59. The molecule has 1 amide bonds. The minimum atomic E-state index is -0.0282. The fourth-order valence-corrected chi connectivity index (χ4v) is 1.59. The molecule has 0 saturated carbocycles. The van der Waals surface area contributed by atoms with Gasteiger partial charge >= 0.3 is 0 Å². The lowest BCUT2D eigenvalue weighted by atomic mass is 10.4. The Morgan fingerprint density at radius 1 is 1.19 bits per heavy atom. The molecule has 1 heterocycles. The molecule has 0 unspecified atom stereocenters. The first-order valence-electron chi connectivity index (χ1n) is 6.73. The monoisotopic (exact) mass is 297 g/mol. The topological polar surface area (TPSA) is 97.4 Å². The van der Waals surface area contributed by atoms with Crippen molar-refractivity contribution in [2.45, 2.75) is 13.0 Å². The molecule has 0 aromatic carbocycles. The molecular weight excluding hydrogens is 274 g/mol. The Hall–Kier alpha value is -1.93. The van der Waals surface area contributed by atoms with Gasteiger partial charge in [0, 0.05) is 46.8 Å². The molecule has 8 nitrogen and oxygen atoms in total. The van der Waals surface area contributed by atoms with E-state index in [1.54, 1.807) is 27.3 Å². The number of carbonyl (C=O) groups excluding carboxylic acids is 1. The van der Waals surface area contributed by atoms with Crippen molar-refractivity contribution in [3.8, 4) is 0 Å². The highest BCUT2D eigenvalue weighted by Gasteiger charge is 2.05. The van der Waals surface area contributed by atoms with Crippen LogP contribution in [-0.2, 0) is 20.9 Å². The quantitative estimate of drug-likeness (QED) is 0.532. The van der Waals surface area contributed by atoms with E-state index in [1.165, 1.54) is 0 Å². The van der Waals surface area contributed by atoms with Crippen LogP contribution in [-0.4, -0.2) is 56.8 Å². The molecule has 8 heteroatoms. The number of methoxy groups -OCH3 is 2. The van der Waals surface area contributed by atoms with Crippen LogP contribution in [0.1, 0.15) is 12.2 Å². The van der Waals surface area contributed by atoms with Gasteiger partial charge in [0.15, 0.2) is 5.82 Å². The van der Waals surface area contributed by atoms with Crippen LogP contribution >= 0.6 is 0 Å². The number of hydrogen-bond acceptors (Lipinski definition) is 7. The summed E-state index contributed by atoms with van der Waals surface area (Å²) in [6.07, 6.45) is 0.363. The normalized spacial score (nSPS) is 10.2. The first-order valence-corrected chi connectivity index (χ1v) is 6.73. The molecule has 0 saturated heterocycles. The third-order valence-electron chi connectivity index (χ3n) is 2.59. The maximum Gasteiger partial charge on any atom is 0.221 e. The van der Waals surface area contributed by atoms with Gasteiger partial charge in [0.2, 0.25) is 5.91 Å². The minimum absolute atomic E-state index is 0.0282. The largest absolute Gasteiger partial charge is 0.383 e. The Kier molecular flexibility index (Phi) is 8.07. The summed E-state index contributed by atoms with van der Waals surface area (Å²) in [7, 11) is 4.97. The summed E-state index contributed by atoms with van der Waals surface area (Å²) in [5.41, 5.74) is 0. The van der Waals surface area contributed by atoms with E-state index in [2.05, 4.69) is 25.9 Å². The van der Waals surface area contributed by atoms with E-state index in [0.29, 0.717) is 50.2 Å². The van der Waals surface area contributed by atoms with E-state index in [-0.39, 0.29) is 5.91 Å². The zero-order chi connectivity index (χ0) is 15.5. The van der Waals surface area contributed by atoms with E-state index < -0.39 is 0 Å². The van der Waals surface area contributed by atoms with Gasteiger partial charge in [-0.3, -0.25) is 4.79 Å². The van der Waals surface area contributed by atoms with Crippen molar-refractivity contribution in [3.05, 3.63) is 11.9 Å². The van der Waals surface area contributed by atoms with Crippen molar-refractivity contribution >= 4 is 17.5 Å². The number of aromatic nitrogens is 2. The molecule has 1 aromatic rings. The first kappa shape index (κ1) is 17.1. The fourth-order valence-electron chi connectivity index (χ4n) is 1.59. The van der Waals surface area contributed by atoms with Gasteiger partial charge in [-0.25, -0.2) is 9.97 Å². The molecule has 1 rings (SSSR count). The predicted octanol–water partition coefficient (Wildman–Crippen LogP) is 0.229. The zero-order valence-electron chi connectivity index (χ0n) is 12.7. The average Bonchev–Trinajstić information content (AvgIpc) is 2.47. The molecular formula is C13H23N5O3. The van der Waals surface area contributed by atoms with Gasteiger partial charge < -0.3 is 25.4 Å². The van der Waals surface area contributed by atoms with E-state index in [0.717, 1.165) is 0 Å². The average molecular weight is 297 g/mol. The molecule has 0 radical (unpaired) electrons. The van der Waals surface area contributed by atoms with Gasteiger partial charge in [-0.1, -0.05) is 0 Å². The molecule has 21 heavy (non-hydrogen) atoms. The maximum atomic E-state index is 11.5. The number of hydrogen-bond donors (Lipinski definition) is 3. The van der Waals surface area contributed by atoms with Crippen molar-refractivity contribution in [2.75, 3.05) is 51.6 Å². The first-order chi connectivity index (χ1) is 10.2. The van der Waals surface area contributed by atoms with Gasteiger partial charge in [-0.15, -0.1) is 0 Å². The lowest BCUT2D eigenvalue weighted by Crippen LogP contribution is -2.28. The van der Waals surface area contributed by atoms with E-state index in [4.69, 9.17) is 9.47 Å². The predicted molar refractivity (Wildman–Crippen MR) is 80.3 cm³/mol.